The molecule has 72 heavy (non-hydrogen) atoms. The number of nitrogens with two attached hydrogens (primary N) is 3. The lowest BCUT2D eigenvalue weighted by Gasteiger charge is -2.33. The highest BCUT2D eigenvalue weighted by Gasteiger charge is 2.43. The number of benzene rings is 1. The number of nitrogens with one attached hydrogen (secondary N) is 6. The number of amides is 8. The van der Waals surface area contributed by atoms with Crippen LogP contribution < -0.4 is 49.1 Å². The Morgan fingerprint density at radius 3 is 1.75 bits per heavy atom. The van der Waals surface area contributed by atoms with Gasteiger partial charge in [-0.25, -0.2) is 0 Å². The van der Waals surface area contributed by atoms with Crippen molar-refractivity contribution < 1.29 is 73.2 Å². The molecule has 2 fully saturated rings. The fourth-order valence-electron chi connectivity index (χ4n) is 8.17. The highest BCUT2D eigenvalue weighted by Crippen LogP contribution is 2.22. The molecule has 0 spiro atoms. The van der Waals surface area contributed by atoms with Gasteiger partial charge in [0.25, 0.3) is 0 Å². The standard InChI is InChI=1S/C45H68N12O15/c1-4-23(2)35(54-38(66)27(13-8-16-49-45(47)48)51-40(68)30-14-9-17-56(30)43(71)26(46)20-32(59)60)42(70)55-36(24(3)58)44(72)57-18-10-15-31(57)41(69)53-29(21-33(61)62)39(67)52-28(37(65)50-22-34(63)64)19-25-11-6-5-7-12-25/h5-7,11-12,23-24,26-31,35-36,58H,4,8-10,13-22,46H2,1-3H3,(H,50,65)(H,51,68)(H,52,67)(H,53,69)(H,54,66)(H,55,70)(H,59,60)(H,61,62)(H,63,64)(H4,47,48,49)/t23-,24+,26-,27-,28-,29-,30-,31-,35-,36-/m0/s1. The molecule has 0 aromatic heterocycles. The molecule has 0 unspecified atom stereocenters. The van der Waals surface area contributed by atoms with Gasteiger partial charge in [0.05, 0.1) is 25.0 Å². The van der Waals surface area contributed by atoms with Crippen LogP contribution in [0.5, 0.6) is 0 Å². The number of rotatable bonds is 28. The fourth-order valence-corrected chi connectivity index (χ4v) is 8.17. The third kappa shape index (κ3) is 18.1. The monoisotopic (exact) mass is 1020 g/mol. The van der Waals surface area contributed by atoms with E-state index < -0.39 is 145 Å². The molecule has 0 aliphatic carbocycles. The van der Waals surface area contributed by atoms with Crippen molar-refractivity contribution in [2.24, 2.45) is 28.1 Å². The summed E-state index contributed by atoms with van der Waals surface area (Å²) in [6.45, 7) is 3.82. The van der Waals surface area contributed by atoms with Crippen molar-refractivity contribution in [1.82, 2.24) is 41.7 Å². The first-order valence-corrected chi connectivity index (χ1v) is 23.5. The number of guanidine groups is 1. The van der Waals surface area contributed by atoms with Gasteiger partial charge < -0.3 is 79.3 Å². The number of hydrogen-bond donors (Lipinski definition) is 13. The first-order valence-electron chi connectivity index (χ1n) is 23.5. The number of hydrogen-bond acceptors (Lipinski definition) is 14. The van der Waals surface area contributed by atoms with Crippen molar-refractivity contribution in [1.29, 1.82) is 0 Å². The molecule has 1 aromatic carbocycles. The van der Waals surface area contributed by atoms with Gasteiger partial charge in [-0.2, -0.15) is 0 Å². The lowest BCUT2D eigenvalue weighted by atomic mass is 9.96. The summed E-state index contributed by atoms with van der Waals surface area (Å²) in [5.74, 6) is -12.3. The van der Waals surface area contributed by atoms with Gasteiger partial charge in [-0.1, -0.05) is 50.6 Å². The van der Waals surface area contributed by atoms with E-state index in [1.54, 1.807) is 44.2 Å². The van der Waals surface area contributed by atoms with E-state index >= 15 is 0 Å². The van der Waals surface area contributed by atoms with Crippen molar-refractivity contribution in [3.8, 4) is 0 Å². The number of carbonyl (C=O) groups is 11. The second-order valence-corrected chi connectivity index (χ2v) is 17.7. The molecule has 2 heterocycles. The number of likely N-dealkylation sites (tertiary alicyclic amines) is 2. The lowest BCUT2D eigenvalue weighted by Crippen LogP contribution is -2.62. The van der Waals surface area contributed by atoms with E-state index in [9.17, 15) is 63.0 Å². The van der Waals surface area contributed by atoms with Gasteiger partial charge in [0.1, 0.15) is 48.8 Å². The predicted molar refractivity (Wildman–Crippen MR) is 253 cm³/mol. The van der Waals surface area contributed by atoms with E-state index in [0.29, 0.717) is 18.4 Å². The molecule has 2 saturated heterocycles. The number of nitrogens with zero attached hydrogens (tertiary/aromatic N) is 3. The maximum atomic E-state index is 14.2. The summed E-state index contributed by atoms with van der Waals surface area (Å²) in [7, 11) is 0. The summed E-state index contributed by atoms with van der Waals surface area (Å²) in [5.41, 5.74) is 17.3. The number of carboxylic acid groups (broad SMARTS) is 3. The average molecular weight is 1020 g/mol. The number of aliphatic hydroxyl groups excluding tert-OH is 1. The van der Waals surface area contributed by atoms with Crippen LogP contribution in [-0.2, 0) is 59.2 Å². The zero-order chi connectivity index (χ0) is 53.8. The topological polar surface area (TPSA) is 438 Å². The maximum absolute atomic E-state index is 14.2. The minimum Gasteiger partial charge on any atom is -0.481 e. The average Bonchev–Trinajstić information content (AvgIpc) is 4.03. The van der Waals surface area contributed by atoms with Gasteiger partial charge in [0.2, 0.25) is 47.3 Å². The Balaban J connectivity index is 1.82. The van der Waals surface area contributed by atoms with Gasteiger partial charge in [-0.05, 0) is 56.9 Å². The Kier molecular flexibility index (Phi) is 23.3. The molecule has 27 nitrogen and oxygen atoms in total. The van der Waals surface area contributed by atoms with Gasteiger partial charge >= 0.3 is 17.9 Å². The molecule has 8 amide bonds. The van der Waals surface area contributed by atoms with Crippen molar-refractivity contribution in [3.63, 3.8) is 0 Å². The second-order valence-electron chi connectivity index (χ2n) is 17.7. The number of aliphatic carboxylic acids is 3. The maximum Gasteiger partial charge on any atom is 0.322 e. The summed E-state index contributed by atoms with van der Waals surface area (Å²) in [4.78, 5) is 150. The van der Waals surface area contributed by atoms with E-state index in [4.69, 9.17) is 27.4 Å². The van der Waals surface area contributed by atoms with Crippen molar-refractivity contribution in [2.75, 3.05) is 26.2 Å². The molecule has 2 aliphatic heterocycles. The molecule has 0 saturated carbocycles. The van der Waals surface area contributed by atoms with E-state index in [1.165, 1.54) is 6.92 Å². The highest BCUT2D eigenvalue weighted by atomic mass is 16.4. The quantitative estimate of drug-likeness (QED) is 0.0214. The van der Waals surface area contributed by atoms with Crippen LogP contribution in [0, 0.1) is 5.92 Å². The van der Waals surface area contributed by atoms with Crippen LogP contribution in [0.25, 0.3) is 0 Å². The summed E-state index contributed by atoms with van der Waals surface area (Å²) in [6.07, 6.45) is -2.20. The number of aliphatic imine (C=N–C) groups is 1. The SMILES string of the molecule is CC[C@H](C)[C@H](NC(=O)[C@H](CCCN=C(N)N)NC(=O)[C@@H]1CCCN1C(=O)[C@@H](N)CC(=O)O)C(=O)N[C@H](C(=O)N1CCC[C@H]1C(=O)N[C@@H](CC(=O)O)C(=O)N[C@@H](Cc1ccccc1)C(=O)NCC(=O)O)[C@@H](C)O. The number of carbonyl (C=O) groups excluding carboxylic acids is 8. The second kappa shape index (κ2) is 28.4. The molecule has 0 bridgehead atoms. The Morgan fingerprint density at radius 1 is 0.681 bits per heavy atom. The third-order valence-electron chi connectivity index (χ3n) is 12.1. The van der Waals surface area contributed by atoms with Crippen molar-refractivity contribution in [3.05, 3.63) is 35.9 Å². The zero-order valence-electron chi connectivity index (χ0n) is 40.4. The molecule has 1 aromatic rings. The molecule has 398 valence electrons. The molecule has 27 heteroatoms. The predicted octanol–water partition coefficient (Wildman–Crippen LogP) is -4.41. The molecule has 0 radical (unpaired) electrons. The van der Waals surface area contributed by atoms with Crippen molar-refractivity contribution in [2.45, 2.75) is 139 Å². The first kappa shape index (κ1) is 58.9. The Bertz CT molecular complexity index is 2160. The van der Waals surface area contributed by atoms with E-state index in [-0.39, 0.29) is 64.1 Å². The Morgan fingerprint density at radius 2 is 1.22 bits per heavy atom. The van der Waals surface area contributed by atoms with Crippen LogP contribution in [0.1, 0.15) is 84.1 Å². The van der Waals surface area contributed by atoms with Gasteiger partial charge in [-0.15, -0.1) is 0 Å². The molecular formula is C45H68N12O15. The van der Waals surface area contributed by atoms with Gasteiger partial charge in [-0.3, -0.25) is 57.7 Å². The summed E-state index contributed by atoms with van der Waals surface area (Å²) in [5, 5.41) is 53.5. The van der Waals surface area contributed by atoms with Crippen LogP contribution in [0.15, 0.2) is 35.3 Å². The van der Waals surface area contributed by atoms with Crippen LogP contribution in [-0.4, -0.2) is 182 Å². The summed E-state index contributed by atoms with van der Waals surface area (Å²) < 4.78 is 0. The summed E-state index contributed by atoms with van der Waals surface area (Å²) in [6, 6.07) is -3.23. The zero-order valence-corrected chi connectivity index (χ0v) is 40.4. The minimum absolute atomic E-state index is 0.0114. The smallest absolute Gasteiger partial charge is 0.322 e. The van der Waals surface area contributed by atoms with Gasteiger partial charge in [0.15, 0.2) is 5.96 Å². The summed E-state index contributed by atoms with van der Waals surface area (Å²) >= 11 is 0. The molecule has 2 aliphatic rings. The van der Waals surface area contributed by atoms with E-state index in [0.717, 1.165) is 9.80 Å². The Hall–Kier alpha value is -7.42. The Labute approximate surface area is 414 Å². The number of carboxylic acids is 3. The molecule has 16 N–H and O–H groups in total. The third-order valence-corrected chi connectivity index (χ3v) is 12.1. The normalized spacial score (nSPS) is 18.6. The van der Waals surface area contributed by atoms with Crippen LogP contribution >= 0.6 is 0 Å². The number of aliphatic hydroxyl groups is 1. The van der Waals surface area contributed by atoms with Crippen LogP contribution in [0.3, 0.4) is 0 Å². The van der Waals surface area contributed by atoms with Gasteiger partial charge in [0, 0.05) is 26.1 Å². The first-order chi connectivity index (χ1) is 33.9. The molecule has 3 rings (SSSR count). The van der Waals surface area contributed by atoms with E-state index in [2.05, 4.69) is 36.9 Å². The fraction of sp³-hybridized carbons (Fsp3) is 0.600. The molecule has 10 atom stereocenters. The highest BCUT2D eigenvalue weighted by molar-refractivity contribution is 5.99. The van der Waals surface area contributed by atoms with E-state index in [1.807, 2.05) is 0 Å². The minimum atomic E-state index is -1.80. The lowest BCUT2D eigenvalue weighted by molar-refractivity contribution is -0.146. The largest absolute Gasteiger partial charge is 0.481 e. The van der Waals surface area contributed by atoms with Crippen LogP contribution in [0.2, 0.25) is 0 Å². The molecular weight excluding hydrogens is 949 g/mol. The van der Waals surface area contributed by atoms with Crippen LogP contribution in [0.4, 0.5) is 0 Å². The van der Waals surface area contributed by atoms with Crippen molar-refractivity contribution >= 4 is 71.1 Å².